The van der Waals surface area contributed by atoms with Crippen molar-refractivity contribution >= 4 is 39.4 Å². The Morgan fingerprint density at radius 3 is 2.68 bits per heavy atom. The van der Waals surface area contributed by atoms with Gasteiger partial charge in [0, 0.05) is 21.9 Å². The Kier molecular flexibility index (Phi) is 5.51. The van der Waals surface area contributed by atoms with Crippen LogP contribution in [0, 0.1) is 0 Å². The van der Waals surface area contributed by atoms with Crippen LogP contribution in [-0.2, 0) is 4.79 Å². The molecule has 0 spiro atoms. The lowest BCUT2D eigenvalue weighted by Crippen LogP contribution is -2.30. The molecule has 0 bridgehead atoms. The number of nitrogens with one attached hydrogen (secondary N) is 1. The largest absolute Gasteiger partial charge is 0.481 e. The molecule has 114 valence electrons. The summed E-state index contributed by atoms with van der Waals surface area (Å²) in [6.45, 7) is 0. The highest BCUT2D eigenvalue weighted by Crippen LogP contribution is 2.25. The number of amides is 1. The van der Waals surface area contributed by atoms with Gasteiger partial charge >= 0.3 is 5.97 Å². The number of aromatic nitrogens is 1. The molecule has 1 atom stereocenters. The van der Waals surface area contributed by atoms with Crippen LogP contribution in [0.2, 0.25) is 5.02 Å². The molecule has 1 heterocycles. The standard InChI is InChI=1S/C15H12BrClN2O3/c16-10-5-9(7-18-8-10)15(22)19-13(6-14(20)21)11-3-1-2-4-12(11)17/h1-5,7-8,13H,6H2,(H,19,22)(H,20,21). The summed E-state index contributed by atoms with van der Waals surface area (Å²) < 4.78 is 0.660. The molecular formula is C15H12BrClN2O3. The predicted octanol–water partition coefficient (Wildman–Crippen LogP) is 3.44. The number of carboxylic acids is 1. The van der Waals surface area contributed by atoms with Gasteiger partial charge in [0.15, 0.2) is 0 Å². The second kappa shape index (κ2) is 7.38. The van der Waals surface area contributed by atoms with Crippen LogP contribution in [0.5, 0.6) is 0 Å². The zero-order valence-electron chi connectivity index (χ0n) is 11.3. The lowest BCUT2D eigenvalue weighted by Gasteiger charge is -2.18. The van der Waals surface area contributed by atoms with E-state index in [2.05, 4.69) is 26.2 Å². The SMILES string of the molecule is O=C(O)CC(NC(=O)c1cncc(Br)c1)c1ccccc1Cl. The first-order valence-corrected chi connectivity index (χ1v) is 7.52. The van der Waals surface area contributed by atoms with Crippen molar-refractivity contribution in [3.8, 4) is 0 Å². The van der Waals surface area contributed by atoms with Crippen molar-refractivity contribution in [2.24, 2.45) is 0 Å². The van der Waals surface area contributed by atoms with Gasteiger partial charge in [-0.3, -0.25) is 14.6 Å². The van der Waals surface area contributed by atoms with Crippen LogP contribution in [0.4, 0.5) is 0 Å². The summed E-state index contributed by atoms with van der Waals surface area (Å²) in [7, 11) is 0. The summed E-state index contributed by atoms with van der Waals surface area (Å²) in [5, 5.41) is 12.1. The third kappa shape index (κ3) is 4.29. The number of nitrogens with zero attached hydrogens (tertiary/aromatic N) is 1. The van der Waals surface area contributed by atoms with Crippen molar-refractivity contribution in [1.29, 1.82) is 0 Å². The van der Waals surface area contributed by atoms with Crippen LogP contribution in [-0.4, -0.2) is 22.0 Å². The first-order chi connectivity index (χ1) is 10.5. The van der Waals surface area contributed by atoms with E-state index >= 15 is 0 Å². The van der Waals surface area contributed by atoms with Crippen LogP contribution in [0.15, 0.2) is 47.2 Å². The second-order valence-corrected chi connectivity index (χ2v) is 5.86. The highest BCUT2D eigenvalue weighted by molar-refractivity contribution is 9.10. The lowest BCUT2D eigenvalue weighted by atomic mass is 10.0. The van der Waals surface area contributed by atoms with Gasteiger partial charge < -0.3 is 10.4 Å². The van der Waals surface area contributed by atoms with Crippen molar-refractivity contribution in [3.63, 3.8) is 0 Å². The molecule has 1 unspecified atom stereocenters. The molecule has 5 nitrogen and oxygen atoms in total. The van der Waals surface area contributed by atoms with Crippen molar-refractivity contribution in [3.05, 3.63) is 63.3 Å². The topological polar surface area (TPSA) is 79.3 Å². The van der Waals surface area contributed by atoms with E-state index in [9.17, 15) is 9.59 Å². The third-order valence-corrected chi connectivity index (χ3v) is 3.71. The van der Waals surface area contributed by atoms with Gasteiger partial charge in [0.2, 0.25) is 0 Å². The van der Waals surface area contributed by atoms with Crippen LogP contribution in [0.25, 0.3) is 0 Å². The average Bonchev–Trinajstić information content (AvgIpc) is 2.46. The third-order valence-electron chi connectivity index (χ3n) is 2.93. The molecule has 1 aromatic heterocycles. The van der Waals surface area contributed by atoms with Crippen molar-refractivity contribution in [2.75, 3.05) is 0 Å². The smallest absolute Gasteiger partial charge is 0.305 e. The summed E-state index contributed by atoms with van der Waals surface area (Å²) in [5.41, 5.74) is 0.889. The van der Waals surface area contributed by atoms with Gasteiger partial charge in [-0.2, -0.15) is 0 Å². The summed E-state index contributed by atoms with van der Waals surface area (Å²) in [6, 6.07) is 7.70. The van der Waals surface area contributed by atoms with Gasteiger partial charge in [-0.25, -0.2) is 0 Å². The molecule has 22 heavy (non-hydrogen) atoms. The van der Waals surface area contributed by atoms with Crippen molar-refractivity contribution < 1.29 is 14.7 Å². The highest BCUT2D eigenvalue weighted by atomic mass is 79.9. The number of hydrogen-bond donors (Lipinski definition) is 2. The Labute approximate surface area is 140 Å². The summed E-state index contributed by atoms with van der Waals surface area (Å²) >= 11 is 9.33. The fourth-order valence-electron chi connectivity index (χ4n) is 1.95. The van der Waals surface area contributed by atoms with E-state index in [1.807, 2.05) is 0 Å². The van der Waals surface area contributed by atoms with Gasteiger partial charge in [-0.15, -0.1) is 0 Å². The molecule has 1 aromatic carbocycles. The molecule has 2 aromatic rings. The maximum Gasteiger partial charge on any atom is 0.305 e. The molecule has 0 fully saturated rings. The summed E-state index contributed by atoms with van der Waals surface area (Å²) in [4.78, 5) is 27.2. The fourth-order valence-corrected chi connectivity index (χ4v) is 2.58. The number of carbonyl (C=O) groups excluding carboxylic acids is 1. The van der Waals surface area contributed by atoms with Gasteiger partial charge in [-0.1, -0.05) is 29.8 Å². The van der Waals surface area contributed by atoms with Gasteiger partial charge in [0.1, 0.15) is 0 Å². The summed E-state index contributed by atoms with van der Waals surface area (Å²) in [6.07, 6.45) is 2.70. The minimum atomic E-state index is -1.03. The van der Waals surface area contributed by atoms with E-state index in [-0.39, 0.29) is 6.42 Å². The Morgan fingerprint density at radius 1 is 1.32 bits per heavy atom. The quantitative estimate of drug-likeness (QED) is 0.829. The number of aliphatic carboxylic acids is 1. The Balaban J connectivity index is 2.25. The molecule has 2 N–H and O–H groups in total. The minimum absolute atomic E-state index is 0.267. The van der Waals surface area contributed by atoms with E-state index < -0.39 is 17.9 Å². The molecule has 0 aliphatic heterocycles. The molecule has 0 saturated heterocycles. The monoisotopic (exact) mass is 382 g/mol. The number of halogens is 2. The van der Waals surface area contributed by atoms with E-state index in [0.29, 0.717) is 20.6 Å². The number of carbonyl (C=O) groups is 2. The zero-order chi connectivity index (χ0) is 16.1. The van der Waals surface area contributed by atoms with Crippen LogP contribution >= 0.6 is 27.5 Å². The first kappa shape index (κ1) is 16.5. The maximum absolute atomic E-state index is 12.3. The van der Waals surface area contributed by atoms with E-state index in [1.165, 1.54) is 6.20 Å². The molecule has 0 radical (unpaired) electrons. The molecule has 0 saturated carbocycles. The van der Waals surface area contributed by atoms with E-state index in [4.69, 9.17) is 16.7 Å². The number of rotatable bonds is 5. The van der Waals surface area contributed by atoms with E-state index in [1.54, 1.807) is 36.5 Å². The minimum Gasteiger partial charge on any atom is -0.481 e. The van der Waals surface area contributed by atoms with Gasteiger partial charge in [0.05, 0.1) is 18.0 Å². The Morgan fingerprint density at radius 2 is 2.05 bits per heavy atom. The number of carboxylic acid groups (broad SMARTS) is 1. The molecule has 0 aliphatic rings. The molecule has 1 amide bonds. The predicted molar refractivity (Wildman–Crippen MR) is 85.8 cm³/mol. The normalized spacial score (nSPS) is 11.7. The highest BCUT2D eigenvalue weighted by Gasteiger charge is 2.21. The maximum atomic E-state index is 12.3. The Hall–Kier alpha value is -1.92. The van der Waals surface area contributed by atoms with Crippen molar-refractivity contribution in [1.82, 2.24) is 10.3 Å². The van der Waals surface area contributed by atoms with Gasteiger partial charge in [0.25, 0.3) is 5.91 Å². The lowest BCUT2D eigenvalue weighted by molar-refractivity contribution is -0.137. The summed E-state index contributed by atoms with van der Waals surface area (Å²) in [5.74, 6) is -1.45. The average molecular weight is 384 g/mol. The van der Waals surface area contributed by atoms with Crippen LogP contribution in [0.1, 0.15) is 28.4 Å². The number of benzene rings is 1. The first-order valence-electron chi connectivity index (χ1n) is 6.35. The Bertz CT molecular complexity index is 709. The number of hydrogen-bond acceptors (Lipinski definition) is 3. The zero-order valence-corrected chi connectivity index (χ0v) is 13.6. The molecule has 7 heteroatoms. The van der Waals surface area contributed by atoms with E-state index in [0.717, 1.165) is 0 Å². The molecular weight excluding hydrogens is 372 g/mol. The molecule has 2 rings (SSSR count). The number of pyridine rings is 1. The fraction of sp³-hybridized carbons (Fsp3) is 0.133. The molecule has 0 aliphatic carbocycles. The van der Waals surface area contributed by atoms with Crippen LogP contribution in [0.3, 0.4) is 0 Å². The van der Waals surface area contributed by atoms with Crippen LogP contribution < -0.4 is 5.32 Å². The van der Waals surface area contributed by atoms with Crippen molar-refractivity contribution in [2.45, 2.75) is 12.5 Å². The van der Waals surface area contributed by atoms with Gasteiger partial charge in [-0.05, 0) is 33.6 Å². The second-order valence-electron chi connectivity index (χ2n) is 4.54.